The van der Waals surface area contributed by atoms with E-state index in [1.807, 2.05) is 20.0 Å². The fourth-order valence-electron chi connectivity index (χ4n) is 3.98. The molecule has 2 aromatic rings. The first kappa shape index (κ1) is 18.0. The highest BCUT2D eigenvalue weighted by Gasteiger charge is 2.38. The predicted octanol–water partition coefficient (Wildman–Crippen LogP) is 2.48. The molecular weight excluding hydrogens is 338 g/mol. The zero-order chi connectivity index (χ0) is 18.6. The van der Waals surface area contributed by atoms with Crippen LogP contribution in [0.1, 0.15) is 29.4 Å². The van der Waals surface area contributed by atoms with Crippen LogP contribution in [-0.4, -0.2) is 60.7 Å². The van der Waals surface area contributed by atoms with Crippen molar-refractivity contribution in [3.63, 3.8) is 0 Å². The van der Waals surface area contributed by atoms with Crippen LogP contribution < -0.4 is 5.32 Å². The van der Waals surface area contributed by atoms with Crippen LogP contribution in [0.4, 0.5) is 0 Å². The van der Waals surface area contributed by atoms with Gasteiger partial charge in [0.2, 0.25) is 0 Å². The molecule has 0 amide bonds. The minimum atomic E-state index is 0.708. The van der Waals surface area contributed by atoms with E-state index in [1.165, 1.54) is 12.0 Å². The standard InChI is InChI=1S/C21H29N5O/c1-16-12-19(24-27-16)15-25-8-10-26(11-9-25)21(22-2)23-14-18-13-20(18)17-6-4-3-5-7-17/h3-7,12,18,20H,8-11,13-15H2,1-2H3,(H,22,23). The lowest BCUT2D eigenvalue weighted by molar-refractivity contribution is 0.169. The van der Waals surface area contributed by atoms with Gasteiger partial charge in [-0.2, -0.15) is 0 Å². The average Bonchev–Trinajstić information content (AvgIpc) is 3.37. The van der Waals surface area contributed by atoms with Gasteiger partial charge < -0.3 is 14.7 Å². The van der Waals surface area contributed by atoms with Crippen molar-refractivity contribution in [2.24, 2.45) is 10.9 Å². The van der Waals surface area contributed by atoms with E-state index in [1.54, 1.807) is 0 Å². The van der Waals surface area contributed by atoms with Gasteiger partial charge >= 0.3 is 0 Å². The van der Waals surface area contributed by atoms with Crippen molar-refractivity contribution in [3.05, 3.63) is 53.4 Å². The first-order chi connectivity index (χ1) is 13.2. The molecule has 144 valence electrons. The van der Waals surface area contributed by atoms with Crippen molar-refractivity contribution in [3.8, 4) is 0 Å². The van der Waals surface area contributed by atoms with Gasteiger partial charge in [0.25, 0.3) is 0 Å². The van der Waals surface area contributed by atoms with Gasteiger partial charge in [0.1, 0.15) is 5.76 Å². The van der Waals surface area contributed by atoms with Gasteiger partial charge in [0.15, 0.2) is 5.96 Å². The number of aromatic nitrogens is 1. The highest BCUT2D eigenvalue weighted by molar-refractivity contribution is 5.80. The smallest absolute Gasteiger partial charge is 0.193 e. The summed E-state index contributed by atoms with van der Waals surface area (Å²) < 4.78 is 5.17. The van der Waals surface area contributed by atoms with Crippen molar-refractivity contribution in [2.75, 3.05) is 39.8 Å². The third kappa shape index (κ3) is 4.50. The Labute approximate surface area is 161 Å². The van der Waals surface area contributed by atoms with E-state index in [0.717, 1.165) is 62.6 Å². The van der Waals surface area contributed by atoms with Gasteiger partial charge in [-0.25, -0.2) is 0 Å². The molecule has 0 bridgehead atoms. The van der Waals surface area contributed by atoms with Gasteiger partial charge in [0, 0.05) is 52.4 Å². The molecule has 0 spiro atoms. The summed E-state index contributed by atoms with van der Waals surface area (Å²) in [6.45, 7) is 7.81. The third-order valence-corrected chi connectivity index (χ3v) is 5.62. The van der Waals surface area contributed by atoms with Crippen molar-refractivity contribution in [1.29, 1.82) is 0 Å². The topological polar surface area (TPSA) is 56.9 Å². The molecule has 6 heteroatoms. The van der Waals surface area contributed by atoms with Gasteiger partial charge in [-0.3, -0.25) is 9.89 Å². The van der Waals surface area contributed by atoms with Crippen LogP contribution in [-0.2, 0) is 6.54 Å². The van der Waals surface area contributed by atoms with E-state index < -0.39 is 0 Å². The Morgan fingerprint density at radius 1 is 1.22 bits per heavy atom. The predicted molar refractivity (Wildman–Crippen MR) is 107 cm³/mol. The molecular formula is C21H29N5O. The quantitative estimate of drug-likeness (QED) is 0.650. The number of nitrogens with one attached hydrogen (secondary N) is 1. The van der Waals surface area contributed by atoms with Gasteiger partial charge in [0.05, 0.1) is 5.69 Å². The molecule has 6 nitrogen and oxygen atoms in total. The van der Waals surface area contributed by atoms with Crippen LogP contribution in [0.3, 0.4) is 0 Å². The van der Waals surface area contributed by atoms with Gasteiger partial charge in [-0.15, -0.1) is 0 Å². The van der Waals surface area contributed by atoms with Crippen molar-refractivity contribution in [2.45, 2.75) is 25.8 Å². The summed E-state index contributed by atoms with van der Waals surface area (Å²) in [6, 6.07) is 12.9. The van der Waals surface area contributed by atoms with Gasteiger partial charge in [-0.05, 0) is 30.7 Å². The summed E-state index contributed by atoms with van der Waals surface area (Å²) in [6.07, 6.45) is 1.28. The van der Waals surface area contributed by atoms with Crippen molar-refractivity contribution < 1.29 is 4.52 Å². The number of aryl methyl sites for hydroxylation is 1. The fraction of sp³-hybridized carbons (Fsp3) is 0.524. The molecule has 1 aliphatic heterocycles. The van der Waals surface area contributed by atoms with Crippen LogP contribution in [0.5, 0.6) is 0 Å². The highest BCUT2D eigenvalue weighted by atomic mass is 16.5. The normalized spacial score (nSPS) is 23.5. The Morgan fingerprint density at radius 3 is 2.67 bits per heavy atom. The van der Waals surface area contributed by atoms with E-state index >= 15 is 0 Å². The third-order valence-electron chi connectivity index (χ3n) is 5.62. The maximum atomic E-state index is 5.17. The molecule has 1 aliphatic carbocycles. The van der Waals surface area contributed by atoms with Crippen LogP contribution in [0.2, 0.25) is 0 Å². The molecule has 1 saturated carbocycles. The lowest BCUT2D eigenvalue weighted by atomic mass is 10.1. The number of aliphatic imine (C=N–C) groups is 1. The summed E-state index contributed by atoms with van der Waals surface area (Å²) in [5, 5.41) is 7.70. The molecule has 2 heterocycles. The molecule has 1 N–H and O–H groups in total. The van der Waals surface area contributed by atoms with E-state index in [4.69, 9.17) is 4.52 Å². The Morgan fingerprint density at radius 2 is 2.00 bits per heavy atom. The van der Waals surface area contributed by atoms with Crippen LogP contribution in [0.15, 0.2) is 45.9 Å². The van der Waals surface area contributed by atoms with E-state index in [9.17, 15) is 0 Å². The van der Waals surface area contributed by atoms with E-state index in [2.05, 4.69) is 55.6 Å². The molecule has 0 radical (unpaired) electrons. The maximum absolute atomic E-state index is 5.17. The van der Waals surface area contributed by atoms with E-state index in [0.29, 0.717) is 5.92 Å². The lowest BCUT2D eigenvalue weighted by Gasteiger charge is -2.36. The first-order valence-corrected chi connectivity index (χ1v) is 9.88. The molecule has 1 aromatic heterocycles. The number of piperazine rings is 1. The second kappa shape index (κ2) is 8.13. The number of benzene rings is 1. The van der Waals surface area contributed by atoms with Crippen LogP contribution in [0, 0.1) is 12.8 Å². The fourth-order valence-corrected chi connectivity index (χ4v) is 3.98. The number of nitrogens with zero attached hydrogens (tertiary/aromatic N) is 4. The van der Waals surface area contributed by atoms with E-state index in [-0.39, 0.29) is 0 Å². The summed E-state index contributed by atoms with van der Waals surface area (Å²) in [7, 11) is 1.88. The molecule has 1 saturated heterocycles. The van der Waals surface area contributed by atoms with Gasteiger partial charge in [-0.1, -0.05) is 35.5 Å². The van der Waals surface area contributed by atoms with Crippen LogP contribution >= 0.6 is 0 Å². The highest BCUT2D eigenvalue weighted by Crippen LogP contribution is 2.46. The molecule has 1 aromatic carbocycles. The molecule has 2 fully saturated rings. The Bertz CT molecular complexity index is 764. The minimum absolute atomic E-state index is 0.708. The molecule has 2 aliphatic rings. The largest absolute Gasteiger partial charge is 0.361 e. The Balaban J connectivity index is 1.22. The maximum Gasteiger partial charge on any atom is 0.193 e. The second-order valence-corrected chi connectivity index (χ2v) is 7.63. The monoisotopic (exact) mass is 367 g/mol. The summed E-state index contributed by atoms with van der Waals surface area (Å²) >= 11 is 0. The molecule has 27 heavy (non-hydrogen) atoms. The first-order valence-electron chi connectivity index (χ1n) is 9.88. The summed E-state index contributed by atoms with van der Waals surface area (Å²) in [5.41, 5.74) is 2.49. The molecule has 4 rings (SSSR count). The zero-order valence-corrected chi connectivity index (χ0v) is 16.3. The summed E-state index contributed by atoms with van der Waals surface area (Å²) in [4.78, 5) is 9.30. The number of hydrogen-bond acceptors (Lipinski definition) is 4. The van der Waals surface area contributed by atoms with Crippen LogP contribution in [0.25, 0.3) is 0 Å². The number of rotatable bonds is 5. The average molecular weight is 367 g/mol. The zero-order valence-electron chi connectivity index (χ0n) is 16.3. The molecule has 2 unspecified atom stereocenters. The number of guanidine groups is 1. The SMILES string of the molecule is CN=C(NCC1CC1c1ccccc1)N1CCN(Cc2cc(C)on2)CC1. The number of hydrogen-bond donors (Lipinski definition) is 1. The summed E-state index contributed by atoms with van der Waals surface area (Å²) in [5.74, 6) is 3.34. The second-order valence-electron chi connectivity index (χ2n) is 7.63. The lowest BCUT2D eigenvalue weighted by Crippen LogP contribution is -2.52. The minimum Gasteiger partial charge on any atom is -0.361 e. The molecule has 2 atom stereocenters. The van der Waals surface area contributed by atoms with Crippen molar-refractivity contribution in [1.82, 2.24) is 20.3 Å². The Kier molecular flexibility index (Phi) is 5.43. The van der Waals surface area contributed by atoms with Crippen molar-refractivity contribution >= 4 is 5.96 Å². The Hall–Kier alpha value is -2.34.